The van der Waals surface area contributed by atoms with Gasteiger partial charge < -0.3 is 4.74 Å². The lowest BCUT2D eigenvalue weighted by atomic mass is 10.0. The minimum Gasteiger partial charge on any atom is -0.427 e. The summed E-state index contributed by atoms with van der Waals surface area (Å²) in [7, 11) is 0. The molecule has 0 saturated carbocycles. The quantitative estimate of drug-likeness (QED) is 0.372. The van der Waals surface area contributed by atoms with Gasteiger partial charge in [-0.25, -0.2) is 0 Å². The zero-order chi connectivity index (χ0) is 14.5. The lowest BCUT2D eigenvalue weighted by molar-refractivity contribution is -0.131. The van der Waals surface area contributed by atoms with E-state index in [4.69, 9.17) is 16.3 Å². The first-order valence-corrected chi connectivity index (χ1v) is 6.53. The smallest absolute Gasteiger partial charge is 0.308 e. The Labute approximate surface area is 122 Å². The van der Waals surface area contributed by atoms with Crippen molar-refractivity contribution in [1.29, 1.82) is 0 Å². The van der Waals surface area contributed by atoms with Crippen LogP contribution in [0, 0.1) is 0 Å². The van der Waals surface area contributed by atoms with E-state index in [1.54, 1.807) is 24.3 Å². The molecule has 20 heavy (non-hydrogen) atoms. The molecule has 0 N–H and O–H groups in total. The van der Waals surface area contributed by atoms with Gasteiger partial charge in [-0.15, -0.1) is 11.6 Å². The summed E-state index contributed by atoms with van der Waals surface area (Å²) >= 11 is 6.18. The molecule has 0 amide bonds. The number of alkyl halides is 1. The molecule has 0 aliphatic rings. The van der Waals surface area contributed by atoms with Crippen LogP contribution in [0.1, 0.15) is 28.2 Å². The Hall–Kier alpha value is -2.13. The van der Waals surface area contributed by atoms with Gasteiger partial charge in [0.2, 0.25) is 0 Å². The second-order valence-electron chi connectivity index (χ2n) is 4.26. The monoisotopic (exact) mass is 288 g/mol. The van der Waals surface area contributed by atoms with E-state index in [-0.39, 0.29) is 5.78 Å². The SMILES string of the molecule is CC(=O)Oc1ccc(C(=O)C(Cl)c2ccccc2)cc1. The standard InChI is InChI=1S/C16H13ClO3/c1-11(18)20-14-9-7-13(8-10-14)16(19)15(17)12-5-3-2-4-6-12/h2-10,15H,1H3. The van der Waals surface area contributed by atoms with Crippen LogP contribution in [-0.2, 0) is 4.79 Å². The summed E-state index contributed by atoms with van der Waals surface area (Å²) < 4.78 is 4.91. The number of hydrogen-bond acceptors (Lipinski definition) is 3. The summed E-state index contributed by atoms with van der Waals surface area (Å²) in [6.07, 6.45) is 0. The molecular weight excluding hydrogens is 276 g/mol. The van der Waals surface area contributed by atoms with E-state index in [0.717, 1.165) is 5.56 Å². The number of ketones is 1. The van der Waals surface area contributed by atoms with Gasteiger partial charge in [-0.1, -0.05) is 30.3 Å². The molecule has 0 heterocycles. The van der Waals surface area contributed by atoms with Crippen molar-refractivity contribution < 1.29 is 14.3 Å². The zero-order valence-corrected chi connectivity index (χ0v) is 11.6. The topological polar surface area (TPSA) is 43.4 Å². The lowest BCUT2D eigenvalue weighted by Gasteiger charge is -2.09. The molecular formula is C16H13ClO3. The molecule has 0 saturated heterocycles. The third-order valence-electron chi connectivity index (χ3n) is 2.72. The molecule has 0 bridgehead atoms. The molecule has 0 aliphatic carbocycles. The fourth-order valence-corrected chi connectivity index (χ4v) is 2.04. The van der Waals surface area contributed by atoms with E-state index in [2.05, 4.69) is 0 Å². The van der Waals surface area contributed by atoms with E-state index < -0.39 is 11.3 Å². The van der Waals surface area contributed by atoms with E-state index in [1.807, 2.05) is 30.3 Å². The summed E-state index contributed by atoms with van der Waals surface area (Å²) in [5.41, 5.74) is 1.23. The van der Waals surface area contributed by atoms with Gasteiger partial charge in [-0.3, -0.25) is 9.59 Å². The second kappa shape index (κ2) is 6.35. The third kappa shape index (κ3) is 3.45. The highest BCUT2D eigenvalue weighted by Gasteiger charge is 2.19. The molecule has 1 unspecified atom stereocenters. The number of esters is 1. The summed E-state index contributed by atoms with van der Waals surface area (Å²) in [5, 5.41) is -0.726. The van der Waals surface area contributed by atoms with E-state index >= 15 is 0 Å². The molecule has 0 aromatic heterocycles. The Morgan fingerprint density at radius 1 is 1.00 bits per heavy atom. The number of Topliss-reactive ketones (excluding diaryl/α,β-unsaturated/α-hetero) is 1. The Morgan fingerprint density at radius 3 is 2.15 bits per heavy atom. The molecule has 1 atom stereocenters. The van der Waals surface area contributed by atoms with Gasteiger partial charge in [-0.2, -0.15) is 0 Å². The van der Waals surface area contributed by atoms with Gasteiger partial charge in [0.1, 0.15) is 11.1 Å². The lowest BCUT2D eigenvalue weighted by Crippen LogP contribution is -2.08. The van der Waals surface area contributed by atoms with Gasteiger partial charge in [0.25, 0.3) is 0 Å². The van der Waals surface area contributed by atoms with Crippen molar-refractivity contribution in [1.82, 2.24) is 0 Å². The van der Waals surface area contributed by atoms with E-state index in [1.165, 1.54) is 6.92 Å². The Bertz CT molecular complexity index is 605. The molecule has 0 radical (unpaired) electrons. The normalized spacial score (nSPS) is 11.7. The third-order valence-corrected chi connectivity index (χ3v) is 3.17. The first-order chi connectivity index (χ1) is 9.58. The number of halogens is 1. The molecule has 2 aromatic carbocycles. The number of carbonyl (C=O) groups excluding carboxylic acids is 2. The van der Waals surface area contributed by atoms with Crippen molar-refractivity contribution in [3.05, 3.63) is 65.7 Å². The molecule has 2 rings (SSSR count). The summed E-state index contributed by atoms with van der Waals surface area (Å²) in [5.74, 6) is -0.185. The van der Waals surface area contributed by atoms with E-state index in [9.17, 15) is 9.59 Å². The maximum absolute atomic E-state index is 12.2. The van der Waals surface area contributed by atoms with Crippen molar-refractivity contribution in [3.8, 4) is 5.75 Å². The predicted octanol–water partition coefficient (Wildman–Crippen LogP) is 3.77. The number of carbonyl (C=O) groups is 2. The number of ether oxygens (including phenoxy) is 1. The molecule has 3 nitrogen and oxygen atoms in total. The fraction of sp³-hybridized carbons (Fsp3) is 0.125. The van der Waals surface area contributed by atoms with Crippen LogP contribution in [0.2, 0.25) is 0 Å². The molecule has 0 spiro atoms. The van der Waals surface area contributed by atoms with Gasteiger partial charge >= 0.3 is 5.97 Å². The largest absolute Gasteiger partial charge is 0.427 e. The van der Waals surface area contributed by atoms with Gasteiger partial charge in [0, 0.05) is 12.5 Å². The predicted molar refractivity (Wildman–Crippen MR) is 77.1 cm³/mol. The van der Waals surface area contributed by atoms with Crippen LogP contribution in [0.3, 0.4) is 0 Å². The van der Waals surface area contributed by atoms with Crippen molar-refractivity contribution in [2.75, 3.05) is 0 Å². The van der Waals surface area contributed by atoms with Crippen LogP contribution in [0.15, 0.2) is 54.6 Å². The molecule has 102 valence electrons. The minimum absolute atomic E-state index is 0.188. The van der Waals surface area contributed by atoms with Gasteiger partial charge in [0.05, 0.1) is 0 Å². The summed E-state index contributed by atoms with van der Waals surface area (Å²) in [6, 6.07) is 15.5. The molecule has 0 fully saturated rings. The van der Waals surface area contributed by atoms with Crippen LogP contribution in [0.4, 0.5) is 0 Å². The van der Waals surface area contributed by atoms with Crippen LogP contribution in [-0.4, -0.2) is 11.8 Å². The first-order valence-electron chi connectivity index (χ1n) is 6.09. The van der Waals surface area contributed by atoms with Crippen molar-refractivity contribution in [2.45, 2.75) is 12.3 Å². The van der Waals surface area contributed by atoms with Crippen LogP contribution < -0.4 is 4.74 Å². The molecule has 4 heteroatoms. The average molecular weight is 289 g/mol. The Balaban J connectivity index is 2.15. The van der Waals surface area contributed by atoms with Crippen molar-refractivity contribution >= 4 is 23.4 Å². The first kappa shape index (κ1) is 14.3. The van der Waals surface area contributed by atoms with Crippen LogP contribution >= 0.6 is 11.6 Å². The summed E-state index contributed by atoms with van der Waals surface area (Å²) in [6.45, 7) is 1.32. The number of hydrogen-bond donors (Lipinski definition) is 0. The maximum Gasteiger partial charge on any atom is 0.308 e. The van der Waals surface area contributed by atoms with Crippen molar-refractivity contribution in [3.63, 3.8) is 0 Å². The second-order valence-corrected chi connectivity index (χ2v) is 4.69. The van der Waals surface area contributed by atoms with Crippen LogP contribution in [0.5, 0.6) is 5.75 Å². The Kier molecular flexibility index (Phi) is 4.53. The Morgan fingerprint density at radius 2 is 1.60 bits per heavy atom. The number of benzene rings is 2. The highest BCUT2D eigenvalue weighted by Crippen LogP contribution is 2.25. The average Bonchev–Trinajstić information content (AvgIpc) is 2.47. The van der Waals surface area contributed by atoms with Crippen LogP contribution in [0.25, 0.3) is 0 Å². The highest BCUT2D eigenvalue weighted by atomic mass is 35.5. The minimum atomic E-state index is -0.726. The van der Waals surface area contributed by atoms with Gasteiger partial charge in [0.15, 0.2) is 5.78 Å². The summed E-state index contributed by atoms with van der Waals surface area (Å²) in [4.78, 5) is 23.1. The van der Waals surface area contributed by atoms with Gasteiger partial charge in [-0.05, 0) is 29.8 Å². The number of rotatable bonds is 4. The maximum atomic E-state index is 12.2. The highest BCUT2D eigenvalue weighted by molar-refractivity contribution is 6.33. The van der Waals surface area contributed by atoms with Crippen molar-refractivity contribution in [2.24, 2.45) is 0 Å². The zero-order valence-electron chi connectivity index (χ0n) is 10.9. The molecule has 2 aromatic rings. The van der Waals surface area contributed by atoms with E-state index in [0.29, 0.717) is 11.3 Å². The fourth-order valence-electron chi connectivity index (χ4n) is 1.77. The molecule has 0 aliphatic heterocycles.